The van der Waals surface area contributed by atoms with Gasteiger partial charge in [0.1, 0.15) is 0 Å². The maximum absolute atomic E-state index is 12.9. The molecule has 1 aromatic carbocycles. The molecule has 0 spiro atoms. The Morgan fingerprint density at radius 3 is 2.48 bits per heavy atom. The van der Waals surface area contributed by atoms with Gasteiger partial charge in [-0.2, -0.15) is 8.42 Å². The van der Waals surface area contributed by atoms with E-state index >= 15 is 0 Å². The lowest BCUT2D eigenvalue weighted by Gasteiger charge is -2.29. The molecular formula is C21H34N2O5S. The molecule has 0 heterocycles. The number of nitrogens with zero attached hydrogens (tertiary/aromatic N) is 1. The Morgan fingerprint density at radius 2 is 1.90 bits per heavy atom. The van der Waals surface area contributed by atoms with Crippen molar-refractivity contribution in [3.05, 3.63) is 23.8 Å². The fraction of sp³-hybridized carbons (Fsp3) is 0.667. The predicted molar refractivity (Wildman–Crippen MR) is 114 cm³/mol. The van der Waals surface area contributed by atoms with E-state index < -0.39 is 10.1 Å². The van der Waals surface area contributed by atoms with E-state index in [0.717, 1.165) is 31.2 Å². The topological polar surface area (TPSA) is 84.9 Å². The number of urea groups is 1. The lowest BCUT2D eigenvalue weighted by atomic mass is 9.96. The summed E-state index contributed by atoms with van der Waals surface area (Å²) < 4.78 is 34.2. The minimum Gasteiger partial charge on any atom is -0.493 e. The van der Waals surface area contributed by atoms with Gasteiger partial charge in [-0.15, -0.1) is 0 Å². The van der Waals surface area contributed by atoms with Crippen molar-refractivity contribution in [1.29, 1.82) is 0 Å². The molecule has 2 rings (SSSR count). The molecule has 2 amide bonds. The zero-order chi connectivity index (χ0) is 21.4. The van der Waals surface area contributed by atoms with Crippen LogP contribution in [0.15, 0.2) is 18.2 Å². The number of rotatable bonds is 9. The van der Waals surface area contributed by atoms with E-state index in [1.54, 1.807) is 17.0 Å². The zero-order valence-electron chi connectivity index (χ0n) is 17.9. The van der Waals surface area contributed by atoms with Crippen LogP contribution in [0, 0.1) is 5.92 Å². The van der Waals surface area contributed by atoms with Crippen LogP contribution in [-0.4, -0.2) is 44.8 Å². The number of nitrogens with one attached hydrogen (secondary N) is 1. The Balaban J connectivity index is 2.17. The molecule has 0 aromatic heterocycles. The maximum atomic E-state index is 12.9. The van der Waals surface area contributed by atoms with E-state index in [4.69, 9.17) is 8.92 Å². The van der Waals surface area contributed by atoms with Crippen molar-refractivity contribution >= 4 is 16.1 Å². The first-order valence-corrected chi connectivity index (χ1v) is 12.0. The fourth-order valence-electron chi connectivity index (χ4n) is 3.47. The molecule has 0 unspecified atom stereocenters. The van der Waals surface area contributed by atoms with Gasteiger partial charge in [0.2, 0.25) is 0 Å². The van der Waals surface area contributed by atoms with Gasteiger partial charge in [-0.05, 0) is 43.4 Å². The summed E-state index contributed by atoms with van der Waals surface area (Å²) in [6.45, 7) is 6.62. The van der Waals surface area contributed by atoms with E-state index in [-0.39, 0.29) is 23.6 Å². The van der Waals surface area contributed by atoms with Gasteiger partial charge >= 0.3 is 16.1 Å². The van der Waals surface area contributed by atoms with Gasteiger partial charge in [0, 0.05) is 19.1 Å². The van der Waals surface area contributed by atoms with Crippen LogP contribution >= 0.6 is 0 Å². The number of hydrogen-bond donors (Lipinski definition) is 1. The average molecular weight is 427 g/mol. The number of carbonyl (C=O) groups excluding carboxylic acids is 1. The molecule has 1 aliphatic carbocycles. The van der Waals surface area contributed by atoms with Gasteiger partial charge in [-0.25, -0.2) is 4.79 Å². The molecule has 8 heteroatoms. The second-order valence-corrected chi connectivity index (χ2v) is 9.83. The SMILES string of the molecule is CCS(=O)(=O)Oc1cc(CN(CC(C)C)C(=O)NC2CCCCC2)ccc1OC. The normalized spacial score (nSPS) is 15.2. The van der Waals surface area contributed by atoms with E-state index in [1.807, 2.05) is 6.07 Å². The van der Waals surface area contributed by atoms with Gasteiger partial charge in [0.15, 0.2) is 11.5 Å². The van der Waals surface area contributed by atoms with E-state index in [0.29, 0.717) is 24.8 Å². The van der Waals surface area contributed by atoms with Crippen LogP contribution in [0.4, 0.5) is 4.79 Å². The monoisotopic (exact) mass is 426 g/mol. The standard InChI is InChI=1S/C21H34N2O5S/c1-5-29(25,26)28-20-13-17(11-12-19(20)27-4)15-23(14-16(2)3)21(24)22-18-9-7-6-8-10-18/h11-13,16,18H,5-10,14-15H2,1-4H3,(H,22,24). The van der Waals surface area contributed by atoms with E-state index in [1.165, 1.54) is 20.5 Å². The summed E-state index contributed by atoms with van der Waals surface area (Å²) in [6.07, 6.45) is 5.59. The molecule has 7 nitrogen and oxygen atoms in total. The molecule has 0 bridgehead atoms. The van der Waals surface area contributed by atoms with Crippen LogP contribution in [0.3, 0.4) is 0 Å². The molecular weight excluding hydrogens is 392 g/mol. The van der Waals surface area contributed by atoms with Gasteiger partial charge in [0.05, 0.1) is 12.9 Å². The third kappa shape index (κ3) is 7.42. The van der Waals surface area contributed by atoms with Crippen LogP contribution in [0.1, 0.15) is 58.4 Å². The highest BCUT2D eigenvalue weighted by atomic mass is 32.2. The Bertz CT molecular complexity index is 773. The Labute approximate surface area is 174 Å². The van der Waals surface area contributed by atoms with Crippen LogP contribution in [0.2, 0.25) is 0 Å². The lowest BCUT2D eigenvalue weighted by Crippen LogP contribution is -2.46. The third-order valence-electron chi connectivity index (χ3n) is 4.98. The number of benzene rings is 1. The van der Waals surface area contributed by atoms with Crippen molar-refractivity contribution in [3.8, 4) is 11.5 Å². The molecule has 1 N–H and O–H groups in total. The Hall–Kier alpha value is -1.96. The lowest BCUT2D eigenvalue weighted by molar-refractivity contribution is 0.180. The van der Waals surface area contributed by atoms with E-state index in [9.17, 15) is 13.2 Å². The van der Waals surface area contributed by atoms with Crippen LogP contribution in [0.25, 0.3) is 0 Å². The van der Waals surface area contributed by atoms with E-state index in [2.05, 4.69) is 19.2 Å². The van der Waals surface area contributed by atoms with Gasteiger partial charge in [-0.3, -0.25) is 0 Å². The maximum Gasteiger partial charge on any atom is 0.317 e. The molecule has 164 valence electrons. The largest absolute Gasteiger partial charge is 0.493 e. The number of methoxy groups -OCH3 is 1. The average Bonchev–Trinajstić information content (AvgIpc) is 2.68. The van der Waals surface area contributed by atoms with Crippen molar-refractivity contribution in [2.24, 2.45) is 5.92 Å². The number of amides is 2. The smallest absolute Gasteiger partial charge is 0.317 e. The molecule has 1 fully saturated rings. The number of ether oxygens (including phenoxy) is 1. The molecule has 1 aliphatic rings. The van der Waals surface area contributed by atoms with Crippen molar-refractivity contribution in [2.75, 3.05) is 19.4 Å². The Kier molecular flexibility index (Phi) is 8.61. The van der Waals surface area contributed by atoms with Gasteiger partial charge in [-0.1, -0.05) is 39.2 Å². The predicted octanol–water partition coefficient (Wildman–Crippen LogP) is 3.92. The first-order chi connectivity index (χ1) is 13.7. The van der Waals surface area contributed by atoms with Gasteiger partial charge < -0.3 is 19.1 Å². The molecule has 0 atom stereocenters. The zero-order valence-corrected chi connectivity index (χ0v) is 18.8. The van der Waals surface area contributed by atoms with Gasteiger partial charge in [0.25, 0.3) is 0 Å². The molecule has 1 aromatic rings. The summed E-state index contributed by atoms with van der Waals surface area (Å²) in [5, 5.41) is 3.16. The second kappa shape index (κ2) is 10.7. The molecule has 1 saturated carbocycles. The number of hydrogen-bond acceptors (Lipinski definition) is 5. The summed E-state index contributed by atoms with van der Waals surface area (Å²) in [4.78, 5) is 14.7. The second-order valence-electron chi connectivity index (χ2n) is 7.97. The van der Waals surface area contributed by atoms with Crippen LogP contribution in [-0.2, 0) is 16.7 Å². The van der Waals surface area contributed by atoms with Crippen molar-refractivity contribution in [3.63, 3.8) is 0 Å². The van der Waals surface area contributed by atoms with Crippen LogP contribution < -0.4 is 14.2 Å². The molecule has 0 radical (unpaired) electrons. The molecule has 0 saturated heterocycles. The minimum atomic E-state index is -3.68. The third-order valence-corrected chi connectivity index (χ3v) is 6.12. The molecule has 0 aliphatic heterocycles. The highest BCUT2D eigenvalue weighted by Crippen LogP contribution is 2.30. The minimum absolute atomic E-state index is 0.0786. The highest BCUT2D eigenvalue weighted by Gasteiger charge is 2.22. The van der Waals surface area contributed by atoms with Crippen LogP contribution in [0.5, 0.6) is 11.5 Å². The fourth-order valence-corrected chi connectivity index (χ4v) is 4.00. The van der Waals surface area contributed by atoms with Crippen molar-refractivity contribution in [2.45, 2.75) is 65.5 Å². The quantitative estimate of drug-likeness (QED) is 0.605. The van der Waals surface area contributed by atoms with Crippen molar-refractivity contribution < 1.29 is 22.1 Å². The summed E-state index contributed by atoms with van der Waals surface area (Å²) in [5.41, 5.74) is 0.784. The summed E-state index contributed by atoms with van der Waals surface area (Å²) in [5.74, 6) is 0.655. The number of carbonyl (C=O) groups is 1. The summed E-state index contributed by atoms with van der Waals surface area (Å²) >= 11 is 0. The van der Waals surface area contributed by atoms with Crippen molar-refractivity contribution in [1.82, 2.24) is 10.2 Å². The summed E-state index contributed by atoms with van der Waals surface area (Å²) in [7, 11) is -2.22. The Morgan fingerprint density at radius 1 is 1.21 bits per heavy atom. The first kappa shape index (κ1) is 23.3. The first-order valence-electron chi connectivity index (χ1n) is 10.4. The summed E-state index contributed by atoms with van der Waals surface area (Å²) in [6, 6.07) is 5.28. The molecule has 29 heavy (non-hydrogen) atoms. The highest BCUT2D eigenvalue weighted by molar-refractivity contribution is 7.87.